The van der Waals surface area contributed by atoms with Crippen LogP contribution in [0.25, 0.3) is 0 Å². The number of thiophene rings is 1. The first kappa shape index (κ1) is 17.3. The number of ether oxygens (including phenoxy) is 1. The van der Waals surface area contributed by atoms with Gasteiger partial charge in [-0.25, -0.2) is 8.42 Å². The third-order valence-electron chi connectivity index (χ3n) is 3.01. The van der Waals surface area contributed by atoms with Crippen LogP contribution in [-0.2, 0) is 21.4 Å². The van der Waals surface area contributed by atoms with Crippen molar-refractivity contribution in [2.45, 2.75) is 24.6 Å². The summed E-state index contributed by atoms with van der Waals surface area (Å²) in [5.74, 6) is 0.291. The van der Waals surface area contributed by atoms with E-state index in [4.69, 9.17) is 4.74 Å². The molecule has 0 unspecified atom stereocenters. The minimum atomic E-state index is -3.70. The van der Waals surface area contributed by atoms with Gasteiger partial charge in [-0.05, 0) is 36.8 Å². The minimum absolute atomic E-state index is 0.162. The highest BCUT2D eigenvalue weighted by Gasteiger charge is 2.19. The van der Waals surface area contributed by atoms with Crippen molar-refractivity contribution >= 4 is 33.0 Å². The molecule has 0 spiro atoms. The van der Waals surface area contributed by atoms with Gasteiger partial charge < -0.3 is 10.1 Å². The Morgan fingerprint density at radius 1 is 1.26 bits per heavy atom. The Morgan fingerprint density at radius 3 is 2.65 bits per heavy atom. The fourth-order valence-corrected chi connectivity index (χ4v) is 4.26. The molecule has 0 aliphatic heterocycles. The summed E-state index contributed by atoms with van der Waals surface area (Å²) in [4.78, 5) is 11.7. The molecule has 0 fully saturated rings. The summed E-state index contributed by atoms with van der Waals surface area (Å²) in [5, 5.41) is 2.64. The molecule has 0 saturated carbocycles. The van der Waals surface area contributed by atoms with Gasteiger partial charge in [-0.3, -0.25) is 9.52 Å². The van der Waals surface area contributed by atoms with Gasteiger partial charge in [0.1, 0.15) is 9.96 Å². The Labute approximate surface area is 139 Å². The van der Waals surface area contributed by atoms with Crippen molar-refractivity contribution in [3.05, 3.63) is 40.8 Å². The van der Waals surface area contributed by atoms with E-state index in [0.29, 0.717) is 18.0 Å². The smallest absolute Gasteiger partial charge is 0.271 e. The molecule has 0 saturated heterocycles. The number of hydrogen-bond donors (Lipinski definition) is 2. The van der Waals surface area contributed by atoms with Gasteiger partial charge in [-0.2, -0.15) is 0 Å². The molecule has 0 bridgehead atoms. The lowest BCUT2D eigenvalue weighted by atomic mass is 10.2. The van der Waals surface area contributed by atoms with Gasteiger partial charge in [-0.1, -0.05) is 6.07 Å². The molecule has 2 rings (SSSR count). The van der Waals surface area contributed by atoms with E-state index in [1.54, 1.807) is 18.2 Å². The van der Waals surface area contributed by atoms with Crippen molar-refractivity contribution in [2.75, 3.05) is 11.8 Å². The van der Waals surface area contributed by atoms with Crippen LogP contribution in [0.3, 0.4) is 0 Å². The second-order valence-corrected chi connectivity index (χ2v) is 8.02. The van der Waals surface area contributed by atoms with Gasteiger partial charge in [0.15, 0.2) is 0 Å². The normalized spacial score (nSPS) is 11.1. The van der Waals surface area contributed by atoms with Crippen molar-refractivity contribution in [2.24, 2.45) is 0 Å². The summed E-state index contributed by atoms with van der Waals surface area (Å²) in [6, 6.07) is 8.47. The third-order valence-corrected chi connectivity index (χ3v) is 5.96. The molecule has 1 aromatic carbocycles. The molecule has 2 aromatic rings. The topological polar surface area (TPSA) is 84.5 Å². The Balaban J connectivity index is 2.22. The van der Waals surface area contributed by atoms with Crippen LogP contribution in [0.1, 0.15) is 17.4 Å². The Morgan fingerprint density at radius 2 is 2.00 bits per heavy atom. The van der Waals surface area contributed by atoms with E-state index in [1.165, 1.54) is 20.1 Å². The largest absolute Gasteiger partial charge is 0.495 e. The zero-order valence-electron chi connectivity index (χ0n) is 13.0. The fraction of sp³-hybridized carbons (Fsp3) is 0.267. The zero-order valence-corrected chi connectivity index (χ0v) is 14.7. The highest BCUT2D eigenvalue weighted by atomic mass is 32.2. The van der Waals surface area contributed by atoms with Gasteiger partial charge in [0, 0.05) is 11.8 Å². The number of carbonyl (C=O) groups excluding carboxylic acids is 1. The maximum Gasteiger partial charge on any atom is 0.271 e. The molecule has 0 radical (unpaired) electrons. The lowest BCUT2D eigenvalue weighted by Gasteiger charge is -2.11. The summed E-state index contributed by atoms with van der Waals surface area (Å²) < 4.78 is 32.9. The summed E-state index contributed by atoms with van der Waals surface area (Å²) in [7, 11) is -2.22. The summed E-state index contributed by atoms with van der Waals surface area (Å²) in [6.45, 7) is 3.59. The molecule has 0 atom stereocenters. The van der Waals surface area contributed by atoms with Crippen molar-refractivity contribution in [1.29, 1.82) is 0 Å². The lowest BCUT2D eigenvalue weighted by molar-refractivity contribution is -0.119. The molecule has 1 aromatic heterocycles. The van der Waals surface area contributed by atoms with Crippen molar-refractivity contribution in [1.82, 2.24) is 5.32 Å². The van der Waals surface area contributed by atoms with Crippen LogP contribution >= 0.6 is 11.3 Å². The van der Waals surface area contributed by atoms with E-state index >= 15 is 0 Å². The maximum absolute atomic E-state index is 12.5. The number of rotatable bonds is 6. The van der Waals surface area contributed by atoms with Gasteiger partial charge in [-0.15, -0.1) is 11.3 Å². The number of benzene rings is 1. The highest BCUT2D eigenvalue weighted by molar-refractivity contribution is 7.94. The lowest BCUT2D eigenvalue weighted by Crippen LogP contribution is -2.18. The molecule has 0 aliphatic carbocycles. The first-order valence-electron chi connectivity index (χ1n) is 6.82. The van der Waals surface area contributed by atoms with Crippen LogP contribution < -0.4 is 14.8 Å². The van der Waals surface area contributed by atoms with Crippen molar-refractivity contribution < 1.29 is 17.9 Å². The number of anilines is 1. The van der Waals surface area contributed by atoms with Crippen LogP contribution in [0.2, 0.25) is 0 Å². The molecular weight excluding hydrogens is 336 g/mol. The van der Waals surface area contributed by atoms with Gasteiger partial charge in [0.25, 0.3) is 10.0 Å². The highest BCUT2D eigenvalue weighted by Crippen LogP contribution is 2.29. The van der Waals surface area contributed by atoms with Crippen LogP contribution in [-0.4, -0.2) is 21.4 Å². The number of hydrogen-bond acceptors (Lipinski definition) is 5. The molecule has 0 aliphatic rings. The molecule has 1 heterocycles. The van der Waals surface area contributed by atoms with Crippen LogP contribution in [0, 0.1) is 6.92 Å². The van der Waals surface area contributed by atoms with E-state index in [1.807, 2.05) is 13.0 Å². The monoisotopic (exact) mass is 354 g/mol. The van der Waals surface area contributed by atoms with Crippen LogP contribution in [0.15, 0.2) is 34.5 Å². The molecule has 6 nitrogen and oxygen atoms in total. The van der Waals surface area contributed by atoms with E-state index < -0.39 is 10.0 Å². The SMILES string of the molecule is COc1ccc(C)cc1NS(=O)(=O)c1ccc(CNC(C)=O)s1. The quantitative estimate of drug-likeness (QED) is 0.835. The maximum atomic E-state index is 12.5. The third kappa shape index (κ3) is 4.46. The van der Waals surface area contributed by atoms with E-state index in [-0.39, 0.29) is 10.1 Å². The number of amides is 1. The average Bonchev–Trinajstić information content (AvgIpc) is 2.95. The average molecular weight is 354 g/mol. The van der Waals surface area contributed by atoms with Gasteiger partial charge in [0.2, 0.25) is 5.91 Å². The van der Waals surface area contributed by atoms with Gasteiger partial charge in [0.05, 0.1) is 19.3 Å². The van der Waals surface area contributed by atoms with E-state index in [9.17, 15) is 13.2 Å². The molecule has 124 valence electrons. The second kappa shape index (κ2) is 7.01. The molecule has 8 heteroatoms. The Bertz CT molecular complexity index is 813. The van der Waals surface area contributed by atoms with Gasteiger partial charge >= 0.3 is 0 Å². The van der Waals surface area contributed by atoms with Crippen molar-refractivity contribution in [3.63, 3.8) is 0 Å². The van der Waals surface area contributed by atoms with Crippen LogP contribution in [0.5, 0.6) is 5.75 Å². The number of nitrogens with one attached hydrogen (secondary N) is 2. The summed E-state index contributed by atoms with van der Waals surface area (Å²) in [6.07, 6.45) is 0. The molecule has 23 heavy (non-hydrogen) atoms. The van der Waals surface area contributed by atoms with E-state index in [0.717, 1.165) is 21.8 Å². The number of methoxy groups -OCH3 is 1. The number of aryl methyl sites for hydroxylation is 1. The van der Waals surface area contributed by atoms with E-state index in [2.05, 4.69) is 10.0 Å². The fourth-order valence-electron chi connectivity index (χ4n) is 1.91. The van der Waals surface area contributed by atoms with Crippen LogP contribution in [0.4, 0.5) is 5.69 Å². The zero-order chi connectivity index (χ0) is 17.0. The Hall–Kier alpha value is -2.06. The molecular formula is C15H18N2O4S2. The predicted molar refractivity (Wildman–Crippen MR) is 90.4 cm³/mol. The first-order chi connectivity index (χ1) is 10.8. The number of carbonyl (C=O) groups is 1. The Kier molecular flexibility index (Phi) is 5.27. The molecule has 1 amide bonds. The first-order valence-corrected chi connectivity index (χ1v) is 9.12. The second-order valence-electron chi connectivity index (χ2n) is 4.94. The van der Waals surface area contributed by atoms with Crippen molar-refractivity contribution in [3.8, 4) is 5.75 Å². The molecule has 2 N–H and O–H groups in total. The minimum Gasteiger partial charge on any atom is -0.495 e. The standard InChI is InChI=1S/C15H18N2O4S2/c1-10-4-6-14(21-3)13(8-10)17-23(19,20)15-7-5-12(22-15)9-16-11(2)18/h4-8,17H,9H2,1-3H3,(H,16,18). The summed E-state index contributed by atoms with van der Waals surface area (Å²) >= 11 is 1.11. The predicted octanol–water partition coefficient (Wildman–Crippen LogP) is 2.50. The summed E-state index contributed by atoms with van der Waals surface area (Å²) in [5.41, 5.74) is 1.31. The number of sulfonamides is 1.